The van der Waals surface area contributed by atoms with E-state index in [2.05, 4.69) is 20.6 Å². The average molecular weight is 321 g/mol. The number of halogens is 1. The second-order valence-corrected chi connectivity index (χ2v) is 4.99. The highest BCUT2D eigenvalue weighted by molar-refractivity contribution is 6.31. The van der Waals surface area contributed by atoms with Gasteiger partial charge >= 0.3 is 0 Å². The maximum atomic E-state index is 11.8. The van der Waals surface area contributed by atoms with Crippen LogP contribution < -0.4 is 10.6 Å². The zero-order valence-corrected chi connectivity index (χ0v) is 13.1. The number of benzene rings is 1. The molecule has 116 valence electrons. The first-order chi connectivity index (χ1) is 10.6. The summed E-state index contributed by atoms with van der Waals surface area (Å²) < 4.78 is 4.87. The number of ether oxygens (including phenoxy) is 1. The molecule has 0 radical (unpaired) electrons. The van der Waals surface area contributed by atoms with Crippen LogP contribution in [-0.4, -0.2) is 36.1 Å². The third kappa shape index (κ3) is 4.16. The van der Waals surface area contributed by atoms with Gasteiger partial charge in [0.05, 0.1) is 12.2 Å². The van der Waals surface area contributed by atoms with Crippen LogP contribution in [0, 0.1) is 6.92 Å². The predicted octanol–water partition coefficient (Wildman–Crippen LogP) is 2.56. The Labute approximate surface area is 133 Å². The average Bonchev–Trinajstić information content (AvgIpc) is 2.53. The molecule has 0 spiro atoms. The number of amides is 1. The van der Waals surface area contributed by atoms with Crippen molar-refractivity contribution < 1.29 is 9.53 Å². The van der Waals surface area contributed by atoms with E-state index in [9.17, 15) is 4.79 Å². The molecule has 1 amide bonds. The minimum Gasteiger partial charge on any atom is -0.383 e. The largest absolute Gasteiger partial charge is 0.383 e. The van der Waals surface area contributed by atoms with E-state index in [-0.39, 0.29) is 5.91 Å². The van der Waals surface area contributed by atoms with E-state index in [1.165, 1.54) is 12.4 Å². The first-order valence-electron chi connectivity index (χ1n) is 6.73. The molecule has 7 heteroatoms. The fraction of sp³-hybridized carbons (Fsp3) is 0.267. The van der Waals surface area contributed by atoms with Crippen LogP contribution >= 0.6 is 11.6 Å². The Morgan fingerprint density at radius 1 is 1.32 bits per heavy atom. The highest BCUT2D eigenvalue weighted by Crippen LogP contribution is 2.24. The zero-order chi connectivity index (χ0) is 15.9. The van der Waals surface area contributed by atoms with Gasteiger partial charge in [0.2, 0.25) is 5.95 Å². The number of carbonyl (C=O) groups is 1. The molecule has 0 atom stereocenters. The van der Waals surface area contributed by atoms with Gasteiger partial charge in [0, 0.05) is 36.8 Å². The van der Waals surface area contributed by atoms with Crippen molar-refractivity contribution in [3.05, 3.63) is 46.7 Å². The molecule has 0 saturated heterocycles. The van der Waals surface area contributed by atoms with Crippen LogP contribution in [0.3, 0.4) is 0 Å². The Hall–Kier alpha value is -2.18. The van der Waals surface area contributed by atoms with Gasteiger partial charge in [-0.25, -0.2) is 9.97 Å². The molecule has 2 rings (SSSR count). The van der Waals surface area contributed by atoms with E-state index in [0.717, 1.165) is 11.3 Å². The topological polar surface area (TPSA) is 76.1 Å². The summed E-state index contributed by atoms with van der Waals surface area (Å²) in [5.74, 6) is 0.168. The van der Waals surface area contributed by atoms with Gasteiger partial charge in [-0.1, -0.05) is 17.7 Å². The molecule has 1 heterocycles. The van der Waals surface area contributed by atoms with Crippen molar-refractivity contribution in [3.8, 4) is 0 Å². The molecular formula is C15H17ClN4O2. The van der Waals surface area contributed by atoms with Crippen molar-refractivity contribution in [1.29, 1.82) is 0 Å². The summed E-state index contributed by atoms with van der Waals surface area (Å²) in [5, 5.41) is 6.44. The van der Waals surface area contributed by atoms with Gasteiger partial charge in [0.15, 0.2) is 0 Å². The quantitative estimate of drug-likeness (QED) is 0.800. The summed E-state index contributed by atoms with van der Waals surface area (Å²) in [5.41, 5.74) is 2.13. The zero-order valence-electron chi connectivity index (χ0n) is 12.4. The van der Waals surface area contributed by atoms with Crippen LogP contribution in [0.15, 0.2) is 30.6 Å². The van der Waals surface area contributed by atoms with Crippen molar-refractivity contribution in [3.63, 3.8) is 0 Å². The minimum atomic E-state index is -0.234. The Morgan fingerprint density at radius 3 is 2.73 bits per heavy atom. The van der Waals surface area contributed by atoms with Gasteiger partial charge in [-0.15, -0.1) is 0 Å². The monoisotopic (exact) mass is 320 g/mol. The number of anilines is 2. The number of hydrogen-bond donors (Lipinski definition) is 2. The molecule has 0 aliphatic rings. The SMILES string of the molecule is COCCNC(=O)c1cnc(Nc2cccc(Cl)c2C)nc1. The van der Waals surface area contributed by atoms with Gasteiger partial charge in [-0.3, -0.25) is 4.79 Å². The molecule has 2 N–H and O–H groups in total. The fourth-order valence-corrected chi connectivity index (χ4v) is 1.92. The highest BCUT2D eigenvalue weighted by Gasteiger charge is 2.08. The number of rotatable bonds is 6. The molecule has 0 bridgehead atoms. The number of nitrogens with one attached hydrogen (secondary N) is 2. The molecule has 0 saturated carbocycles. The molecule has 1 aromatic carbocycles. The maximum Gasteiger partial charge on any atom is 0.254 e. The fourth-order valence-electron chi connectivity index (χ4n) is 1.74. The second-order valence-electron chi connectivity index (χ2n) is 4.58. The molecule has 0 fully saturated rings. The predicted molar refractivity (Wildman–Crippen MR) is 85.7 cm³/mol. The van der Waals surface area contributed by atoms with Gasteiger partial charge in [0.1, 0.15) is 0 Å². The van der Waals surface area contributed by atoms with E-state index in [4.69, 9.17) is 16.3 Å². The maximum absolute atomic E-state index is 11.8. The van der Waals surface area contributed by atoms with Crippen LogP contribution in [-0.2, 0) is 4.74 Å². The number of nitrogens with zero attached hydrogens (tertiary/aromatic N) is 2. The van der Waals surface area contributed by atoms with Gasteiger partial charge in [-0.2, -0.15) is 0 Å². The van der Waals surface area contributed by atoms with Crippen LogP contribution in [0.2, 0.25) is 5.02 Å². The molecule has 0 unspecified atom stereocenters. The molecule has 0 aliphatic heterocycles. The van der Waals surface area contributed by atoms with Gasteiger partial charge in [-0.05, 0) is 24.6 Å². The van der Waals surface area contributed by atoms with Gasteiger partial charge in [0.25, 0.3) is 5.91 Å². The highest BCUT2D eigenvalue weighted by atomic mass is 35.5. The summed E-state index contributed by atoms with van der Waals surface area (Å²) >= 11 is 6.06. The standard InChI is InChI=1S/C15H17ClN4O2/c1-10-12(16)4-3-5-13(10)20-15-18-8-11(9-19-15)14(21)17-6-7-22-2/h3-5,8-9H,6-7H2,1-2H3,(H,17,21)(H,18,19,20). The summed E-state index contributed by atoms with van der Waals surface area (Å²) in [6.45, 7) is 2.81. The number of hydrogen-bond acceptors (Lipinski definition) is 5. The molecule has 0 aliphatic carbocycles. The van der Waals surface area contributed by atoms with Crippen LogP contribution in [0.25, 0.3) is 0 Å². The van der Waals surface area contributed by atoms with Crippen molar-refractivity contribution in [2.75, 3.05) is 25.6 Å². The summed E-state index contributed by atoms with van der Waals surface area (Å²) in [6, 6.07) is 5.54. The normalized spacial score (nSPS) is 10.3. The van der Waals surface area contributed by atoms with Crippen molar-refractivity contribution in [2.45, 2.75) is 6.92 Å². The van der Waals surface area contributed by atoms with Gasteiger partial charge < -0.3 is 15.4 Å². The van der Waals surface area contributed by atoms with Crippen molar-refractivity contribution in [2.24, 2.45) is 0 Å². The minimum absolute atomic E-state index is 0.234. The van der Waals surface area contributed by atoms with Crippen molar-refractivity contribution >= 4 is 29.1 Å². The third-order valence-electron chi connectivity index (χ3n) is 3.02. The Balaban J connectivity index is 2.03. The molecular weight excluding hydrogens is 304 g/mol. The summed E-state index contributed by atoms with van der Waals surface area (Å²) in [6.07, 6.45) is 2.94. The second kappa shape index (κ2) is 7.72. The van der Waals surface area contributed by atoms with E-state index >= 15 is 0 Å². The van der Waals surface area contributed by atoms with Crippen LogP contribution in [0.5, 0.6) is 0 Å². The molecule has 6 nitrogen and oxygen atoms in total. The van der Waals surface area contributed by atoms with E-state index < -0.39 is 0 Å². The molecule has 2 aromatic rings. The number of aromatic nitrogens is 2. The summed E-state index contributed by atoms with van der Waals surface area (Å²) in [7, 11) is 1.58. The van der Waals surface area contributed by atoms with E-state index in [1.54, 1.807) is 7.11 Å². The lowest BCUT2D eigenvalue weighted by molar-refractivity contribution is 0.0936. The van der Waals surface area contributed by atoms with Crippen LogP contribution in [0.4, 0.5) is 11.6 Å². The van der Waals surface area contributed by atoms with Crippen molar-refractivity contribution in [1.82, 2.24) is 15.3 Å². The lowest BCUT2D eigenvalue weighted by atomic mass is 10.2. The van der Waals surface area contributed by atoms with E-state index in [0.29, 0.717) is 29.7 Å². The summed E-state index contributed by atoms with van der Waals surface area (Å²) in [4.78, 5) is 20.1. The number of carbonyl (C=O) groups excluding carboxylic acids is 1. The Morgan fingerprint density at radius 2 is 2.05 bits per heavy atom. The Bertz CT molecular complexity index is 646. The first kappa shape index (κ1) is 16.2. The Kier molecular flexibility index (Phi) is 5.68. The first-order valence-corrected chi connectivity index (χ1v) is 7.11. The smallest absolute Gasteiger partial charge is 0.254 e. The van der Waals surface area contributed by atoms with E-state index in [1.807, 2.05) is 25.1 Å². The lowest BCUT2D eigenvalue weighted by Gasteiger charge is -2.09. The molecule has 1 aromatic heterocycles. The molecule has 22 heavy (non-hydrogen) atoms. The lowest BCUT2D eigenvalue weighted by Crippen LogP contribution is -2.27. The number of methoxy groups -OCH3 is 1. The third-order valence-corrected chi connectivity index (χ3v) is 3.43. The van der Waals surface area contributed by atoms with Crippen LogP contribution in [0.1, 0.15) is 15.9 Å².